The van der Waals surface area contributed by atoms with Gasteiger partial charge in [-0.25, -0.2) is 5.43 Å². The highest BCUT2D eigenvalue weighted by Crippen LogP contribution is 2.26. The highest BCUT2D eigenvalue weighted by molar-refractivity contribution is 9.10. The number of carbonyl (C=O) groups excluding carboxylic acids is 1. The predicted molar refractivity (Wildman–Crippen MR) is 120 cm³/mol. The molecule has 0 fully saturated rings. The van der Waals surface area contributed by atoms with E-state index in [4.69, 9.17) is 9.47 Å². The summed E-state index contributed by atoms with van der Waals surface area (Å²) in [7, 11) is 0. The molecule has 0 bridgehead atoms. The Kier molecular flexibility index (Phi) is 7.84. The van der Waals surface area contributed by atoms with Crippen molar-refractivity contribution in [1.29, 1.82) is 0 Å². The van der Waals surface area contributed by atoms with Crippen molar-refractivity contribution >= 4 is 44.0 Å². The average Bonchev–Trinajstić information content (AvgIpc) is 2.73. The number of hydrogen-bond acceptors (Lipinski definition) is 4. The Bertz CT molecular complexity index is 977. The number of benzene rings is 3. The lowest BCUT2D eigenvalue weighted by Gasteiger charge is -2.09. The number of carbonyl (C=O) groups is 1. The van der Waals surface area contributed by atoms with Crippen LogP contribution in [0, 0.1) is 0 Å². The third-order valence-electron chi connectivity index (χ3n) is 3.78. The summed E-state index contributed by atoms with van der Waals surface area (Å²) in [5, 5.41) is 3.96. The minimum absolute atomic E-state index is 0.103. The second kappa shape index (κ2) is 10.8. The summed E-state index contributed by atoms with van der Waals surface area (Å²) in [6.07, 6.45) is 1.56. The van der Waals surface area contributed by atoms with E-state index in [0.717, 1.165) is 25.8 Å². The number of rotatable bonds is 8. The topological polar surface area (TPSA) is 59.9 Å². The molecule has 3 aromatic rings. The van der Waals surface area contributed by atoms with Gasteiger partial charge in [0, 0.05) is 4.47 Å². The summed E-state index contributed by atoms with van der Waals surface area (Å²) < 4.78 is 13.0. The number of nitrogens with one attached hydrogen (secondary N) is 1. The molecule has 0 saturated heterocycles. The van der Waals surface area contributed by atoms with E-state index in [9.17, 15) is 4.79 Å². The van der Waals surface area contributed by atoms with Crippen LogP contribution in [0.2, 0.25) is 0 Å². The molecule has 3 aromatic carbocycles. The molecule has 0 aromatic heterocycles. The number of nitrogens with zero attached hydrogens (tertiary/aromatic N) is 1. The van der Waals surface area contributed by atoms with Crippen LogP contribution in [-0.4, -0.2) is 18.7 Å². The summed E-state index contributed by atoms with van der Waals surface area (Å²) in [5.41, 5.74) is 4.33. The van der Waals surface area contributed by atoms with Gasteiger partial charge >= 0.3 is 0 Å². The maximum absolute atomic E-state index is 11.8. The first-order valence-electron chi connectivity index (χ1n) is 8.77. The summed E-state index contributed by atoms with van der Waals surface area (Å²) in [6.45, 7) is 0.366. The lowest BCUT2D eigenvalue weighted by atomic mass is 10.2. The van der Waals surface area contributed by atoms with E-state index >= 15 is 0 Å². The first-order valence-corrected chi connectivity index (χ1v) is 10.4. The molecule has 1 amide bonds. The van der Waals surface area contributed by atoms with Crippen LogP contribution < -0.4 is 14.9 Å². The van der Waals surface area contributed by atoms with Crippen LogP contribution in [0.25, 0.3) is 0 Å². The molecular formula is C22H18Br2N2O3. The van der Waals surface area contributed by atoms with Gasteiger partial charge in [-0.1, -0.05) is 46.3 Å². The predicted octanol–water partition coefficient (Wildman–Crippen LogP) is 5.32. The Labute approximate surface area is 186 Å². The fourth-order valence-corrected chi connectivity index (χ4v) is 3.11. The van der Waals surface area contributed by atoms with Crippen molar-refractivity contribution in [3.05, 3.63) is 92.9 Å². The van der Waals surface area contributed by atoms with Gasteiger partial charge in [0.2, 0.25) is 0 Å². The highest BCUT2D eigenvalue weighted by atomic mass is 79.9. The molecule has 0 aliphatic rings. The van der Waals surface area contributed by atoms with Crippen molar-refractivity contribution < 1.29 is 14.3 Å². The monoisotopic (exact) mass is 516 g/mol. The van der Waals surface area contributed by atoms with E-state index in [2.05, 4.69) is 42.4 Å². The first kappa shape index (κ1) is 21.1. The van der Waals surface area contributed by atoms with Crippen LogP contribution in [0.3, 0.4) is 0 Å². The number of hydrazone groups is 1. The standard InChI is InChI=1S/C22H18Br2N2O3/c23-18-9-6-16(7-10-18)14-29-21-11-8-17(12-20(21)24)13-25-26-22(27)15-28-19-4-2-1-3-5-19/h1-13H,14-15H2,(H,26,27)/b25-13-. The Morgan fingerprint density at radius 2 is 1.72 bits per heavy atom. The molecule has 0 heterocycles. The normalized spacial score (nSPS) is 10.7. The number of halogens is 2. The molecule has 0 radical (unpaired) electrons. The maximum Gasteiger partial charge on any atom is 0.277 e. The molecule has 0 atom stereocenters. The second-order valence-electron chi connectivity index (χ2n) is 6.00. The van der Waals surface area contributed by atoms with Gasteiger partial charge in [-0.15, -0.1) is 0 Å². The smallest absolute Gasteiger partial charge is 0.277 e. The van der Waals surface area contributed by atoms with Crippen molar-refractivity contribution in [3.8, 4) is 11.5 Å². The summed E-state index contributed by atoms with van der Waals surface area (Å²) in [6, 6.07) is 22.7. The van der Waals surface area contributed by atoms with E-state index < -0.39 is 0 Å². The second-order valence-corrected chi connectivity index (χ2v) is 7.77. The number of amides is 1. The van der Waals surface area contributed by atoms with Crippen LogP contribution in [0.5, 0.6) is 11.5 Å². The van der Waals surface area contributed by atoms with Crippen LogP contribution in [-0.2, 0) is 11.4 Å². The third-order valence-corrected chi connectivity index (χ3v) is 4.93. The van der Waals surface area contributed by atoms with E-state index in [1.165, 1.54) is 0 Å². The number of hydrogen-bond donors (Lipinski definition) is 1. The minimum Gasteiger partial charge on any atom is -0.488 e. The lowest BCUT2D eigenvalue weighted by Crippen LogP contribution is -2.24. The molecule has 3 rings (SSSR count). The van der Waals surface area contributed by atoms with Gasteiger partial charge < -0.3 is 9.47 Å². The SMILES string of the molecule is O=C(COc1ccccc1)N/N=C\c1ccc(OCc2ccc(Br)cc2)c(Br)c1. The molecule has 5 nitrogen and oxygen atoms in total. The summed E-state index contributed by atoms with van der Waals surface area (Å²) in [5.74, 6) is 1.03. The van der Waals surface area contributed by atoms with E-state index in [1.807, 2.05) is 60.7 Å². The van der Waals surface area contributed by atoms with Crippen LogP contribution in [0.15, 0.2) is 86.8 Å². The van der Waals surface area contributed by atoms with E-state index in [1.54, 1.807) is 18.3 Å². The van der Waals surface area contributed by atoms with Crippen molar-refractivity contribution in [2.45, 2.75) is 6.61 Å². The quantitative estimate of drug-likeness (QED) is 0.325. The summed E-state index contributed by atoms with van der Waals surface area (Å²) in [4.78, 5) is 11.8. The van der Waals surface area contributed by atoms with Crippen molar-refractivity contribution in [2.24, 2.45) is 5.10 Å². The van der Waals surface area contributed by atoms with Crippen LogP contribution >= 0.6 is 31.9 Å². The molecule has 1 N–H and O–H groups in total. The van der Waals surface area contributed by atoms with Crippen molar-refractivity contribution in [1.82, 2.24) is 5.43 Å². The molecule has 0 aliphatic heterocycles. The Balaban J connectivity index is 1.47. The van der Waals surface area contributed by atoms with Gasteiger partial charge in [0.15, 0.2) is 6.61 Å². The van der Waals surface area contributed by atoms with Gasteiger partial charge in [-0.05, 0) is 69.5 Å². The van der Waals surface area contributed by atoms with Gasteiger partial charge in [-0.2, -0.15) is 5.10 Å². The van der Waals surface area contributed by atoms with Gasteiger partial charge in [-0.3, -0.25) is 4.79 Å². The highest BCUT2D eigenvalue weighted by Gasteiger charge is 2.04. The van der Waals surface area contributed by atoms with E-state index in [0.29, 0.717) is 12.4 Å². The van der Waals surface area contributed by atoms with Crippen molar-refractivity contribution in [2.75, 3.05) is 6.61 Å². The number of para-hydroxylation sites is 1. The average molecular weight is 518 g/mol. The molecule has 0 spiro atoms. The zero-order chi connectivity index (χ0) is 20.5. The van der Waals surface area contributed by atoms with Gasteiger partial charge in [0.25, 0.3) is 5.91 Å². The zero-order valence-corrected chi connectivity index (χ0v) is 18.5. The molecule has 7 heteroatoms. The maximum atomic E-state index is 11.8. The molecule has 0 aliphatic carbocycles. The van der Waals surface area contributed by atoms with Crippen molar-refractivity contribution in [3.63, 3.8) is 0 Å². The van der Waals surface area contributed by atoms with Gasteiger partial charge in [0.05, 0.1) is 10.7 Å². The number of ether oxygens (including phenoxy) is 2. The zero-order valence-electron chi connectivity index (χ0n) is 15.3. The largest absolute Gasteiger partial charge is 0.488 e. The van der Waals surface area contributed by atoms with Crippen LogP contribution in [0.1, 0.15) is 11.1 Å². The minimum atomic E-state index is -0.335. The first-order chi connectivity index (χ1) is 14.1. The third kappa shape index (κ3) is 7.03. The Hall–Kier alpha value is -2.64. The van der Waals surface area contributed by atoms with Gasteiger partial charge in [0.1, 0.15) is 18.1 Å². The molecule has 29 heavy (non-hydrogen) atoms. The Morgan fingerprint density at radius 3 is 2.45 bits per heavy atom. The Morgan fingerprint density at radius 1 is 0.966 bits per heavy atom. The fraction of sp³-hybridized carbons (Fsp3) is 0.0909. The molecular weight excluding hydrogens is 500 g/mol. The lowest BCUT2D eigenvalue weighted by molar-refractivity contribution is -0.123. The van der Waals surface area contributed by atoms with Crippen LogP contribution in [0.4, 0.5) is 0 Å². The molecule has 0 saturated carbocycles. The van der Waals surface area contributed by atoms with E-state index in [-0.39, 0.29) is 12.5 Å². The molecule has 148 valence electrons. The molecule has 0 unspecified atom stereocenters. The summed E-state index contributed by atoms with van der Waals surface area (Å²) >= 11 is 6.92. The fourth-order valence-electron chi connectivity index (χ4n) is 2.33.